The van der Waals surface area contributed by atoms with Crippen LogP contribution >= 0.6 is 0 Å². The molecule has 1 atom stereocenters. The van der Waals surface area contributed by atoms with Crippen molar-refractivity contribution in [3.63, 3.8) is 0 Å². The van der Waals surface area contributed by atoms with Gasteiger partial charge in [-0.25, -0.2) is 0 Å². The Kier molecular flexibility index (Phi) is 6.10. The molecule has 3 rings (SSSR count). The van der Waals surface area contributed by atoms with Gasteiger partial charge in [-0.3, -0.25) is 4.90 Å². The van der Waals surface area contributed by atoms with Crippen LogP contribution in [0.25, 0.3) is 0 Å². The molecule has 0 radical (unpaired) electrons. The third kappa shape index (κ3) is 4.61. The lowest BCUT2D eigenvalue weighted by molar-refractivity contribution is 0.112. The first kappa shape index (κ1) is 18.0. The number of likely N-dealkylation sites (tertiary alicyclic amines) is 1. The van der Waals surface area contributed by atoms with Gasteiger partial charge in [0.2, 0.25) is 0 Å². The number of aryl methyl sites for hydroxylation is 2. The third-order valence-electron chi connectivity index (χ3n) is 5.08. The molecule has 2 heterocycles. The van der Waals surface area contributed by atoms with E-state index >= 15 is 0 Å². The molecule has 1 saturated heterocycles. The fourth-order valence-electron chi connectivity index (χ4n) is 3.53. The van der Waals surface area contributed by atoms with Gasteiger partial charge in [-0.05, 0) is 57.4 Å². The van der Waals surface area contributed by atoms with Crippen LogP contribution in [0.4, 0.5) is 0 Å². The van der Waals surface area contributed by atoms with Crippen LogP contribution in [0.1, 0.15) is 48.3 Å². The average molecular weight is 344 g/mol. The largest absolute Gasteiger partial charge is 0.489 e. The molecule has 0 amide bonds. The van der Waals surface area contributed by atoms with Crippen LogP contribution in [0.15, 0.2) is 28.8 Å². The number of aliphatic hydroxyl groups is 1. The molecule has 25 heavy (non-hydrogen) atoms. The summed E-state index contributed by atoms with van der Waals surface area (Å²) in [5.74, 6) is 1.67. The first-order valence-electron chi connectivity index (χ1n) is 9.15. The normalized spacial score (nSPS) is 18.4. The van der Waals surface area contributed by atoms with Gasteiger partial charge in [0.15, 0.2) is 0 Å². The van der Waals surface area contributed by atoms with Crippen LogP contribution in [-0.4, -0.2) is 34.4 Å². The van der Waals surface area contributed by atoms with Crippen molar-refractivity contribution < 1.29 is 14.4 Å². The van der Waals surface area contributed by atoms with Gasteiger partial charge >= 0.3 is 0 Å². The van der Waals surface area contributed by atoms with E-state index in [0.29, 0.717) is 12.6 Å². The Labute approximate surface area is 149 Å². The van der Waals surface area contributed by atoms with Crippen molar-refractivity contribution in [1.82, 2.24) is 10.1 Å². The zero-order chi connectivity index (χ0) is 17.6. The topological polar surface area (TPSA) is 58.7 Å². The molecule has 1 aliphatic rings. The van der Waals surface area contributed by atoms with Gasteiger partial charge in [0.05, 0.1) is 11.3 Å². The number of aliphatic hydroxyl groups excluding tert-OH is 1. The lowest BCUT2D eigenvalue weighted by Gasteiger charge is -2.35. The zero-order valence-electron chi connectivity index (χ0n) is 15.2. The minimum atomic E-state index is 0.273. The lowest BCUT2D eigenvalue weighted by atomic mass is 9.99. The van der Waals surface area contributed by atoms with Crippen molar-refractivity contribution in [1.29, 1.82) is 0 Å². The number of rotatable bonds is 7. The summed E-state index contributed by atoms with van der Waals surface area (Å²) in [5, 5.41) is 13.2. The van der Waals surface area contributed by atoms with E-state index in [1.54, 1.807) is 0 Å². The summed E-state index contributed by atoms with van der Waals surface area (Å²) >= 11 is 0. The molecule has 0 bridgehead atoms. The smallest absolute Gasteiger partial charge is 0.140 e. The second kappa shape index (κ2) is 8.50. The Morgan fingerprint density at radius 1 is 1.24 bits per heavy atom. The van der Waals surface area contributed by atoms with E-state index in [9.17, 15) is 5.11 Å². The second-order valence-corrected chi connectivity index (χ2v) is 6.87. The van der Waals surface area contributed by atoms with Crippen molar-refractivity contribution in [3.05, 3.63) is 46.8 Å². The Balaban J connectivity index is 1.56. The summed E-state index contributed by atoms with van der Waals surface area (Å²) in [6.45, 7) is 6.65. The van der Waals surface area contributed by atoms with Crippen molar-refractivity contribution in [2.45, 2.75) is 58.7 Å². The maximum atomic E-state index is 9.26. The van der Waals surface area contributed by atoms with Gasteiger partial charge in [0, 0.05) is 19.2 Å². The van der Waals surface area contributed by atoms with E-state index in [2.05, 4.69) is 22.2 Å². The van der Waals surface area contributed by atoms with Gasteiger partial charge in [-0.1, -0.05) is 23.7 Å². The lowest BCUT2D eigenvalue weighted by Crippen LogP contribution is -2.39. The Morgan fingerprint density at radius 3 is 2.72 bits per heavy atom. The molecule has 0 saturated carbocycles. The summed E-state index contributed by atoms with van der Waals surface area (Å²) in [6, 6.07) is 8.83. The molecule has 1 aromatic carbocycles. The summed E-state index contributed by atoms with van der Waals surface area (Å²) < 4.78 is 11.0. The molecule has 136 valence electrons. The molecular weight excluding hydrogens is 316 g/mol. The van der Waals surface area contributed by atoms with E-state index < -0.39 is 0 Å². The highest BCUT2D eigenvalue weighted by Gasteiger charge is 2.21. The molecule has 5 heteroatoms. The van der Waals surface area contributed by atoms with Gasteiger partial charge < -0.3 is 14.4 Å². The molecule has 1 aliphatic heterocycles. The molecule has 1 N–H and O–H groups in total. The molecule has 5 nitrogen and oxygen atoms in total. The van der Waals surface area contributed by atoms with E-state index in [0.717, 1.165) is 42.3 Å². The number of nitrogens with zero attached hydrogens (tertiary/aromatic N) is 2. The van der Waals surface area contributed by atoms with Crippen molar-refractivity contribution in [2.24, 2.45) is 0 Å². The molecule has 1 aromatic heterocycles. The van der Waals surface area contributed by atoms with Crippen LogP contribution in [0, 0.1) is 13.8 Å². The number of aromatic nitrogens is 1. The van der Waals surface area contributed by atoms with Crippen molar-refractivity contribution >= 4 is 0 Å². The summed E-state index contributed by atoms with van der Waals surface area (Å²) in [6.07, 6.45) is 4.59. The second-order valence-electron chi connectivity index (χ2n) is 6.87. The minimum Gasteiger partial charge on any atom is -0.489 e. The number of benzene rings is 1. The fraction of sp³-hybridized carbons (Fsp3) is 0.550. The maximum absolute atomic E-state index is 9.26. The van der Waals surface area contributed by atoms with E-state index in [1.807, 2.05) is 26.0 Å². The first-order chi connectivity index (χ1) is 12.2. The average Bonchev–Trinajstić information content (AvgIpc) is 2.94. The molecule has 0 aliphatic carbocycles. The van der Waals surface area contributed by atoms with Gasteiger partial charge in [0.1, 0.15) is 18.1 Å². The fourth-order valence-corrected chi connectivity index (χ4v) is 3.53. The number of hydrogen-bond donors (Lipinski definition) is 1. The standard InChI is InChI=1S/C20H28N2O3/c1-15-20(16(2)25-21-15)14-24-19-8-6-17(7-9-19)13-22-11-4-3-5-18(22)10-12-23/h6-9,18,23H,3-5,10-14H2,1-2H3. The minimum absolute atomic E-state index is 0.273. The zero-order valence-corrected chi connectivity index (χ0v) is 15.2. The molecular formula is C20H28N2O3. The highest BCUT2D eigenvalue weighted by atomic mass is 16.5. The predicted molar refractivity (Wildman–Crippen MR) is 96.5 cm³/mol. The quantitative estimate of drug-likeness (QED) is 0.831. The van der Waals surface area contributed by atoms with Crippen LogP contribution in [0.3, 0.4) is 0 Å². The molecule has 1 unspecified atom stereocenters. The summed E-state index contributed by atoms with van der Waals surface area (Å²) in [5.41, 5.74) is 3.19. The van der Waals surface area contributed by atoms with Gasteiger partial charge in [-0.15, -0.1) is 0 Å². The highest BCUT2D eigenvalue weighted by Crippen LogP contribution is 2.23. The van der Waals surface area contributed by atoms with E-state index in [1.165, 1.54) is 24.8 Å². The highest BCUT2D eigenvalue weighted by molar-refractivity contribution is 5.28. The van der Waals surface area contributed by atoms with Gasteiger partial charge in [-0.2, -0.15) is 0 Å². The number of piperidine rings is 1. The van der Waals surface area contributed by atoms with E-state index in [-0.39, 0.29) is 6.61 Å². The molecule has 2 aromatic rings. The van der Waals surface area contributed by atoms with Crippen molar-refractivity contribution in [2.75, 3.05) is 13.2 Å². The SMILES string of the molecule is Cc1noc(C)c1COc1ccc(CN2CCCCC2CCO)cc1. The molecule has 0 spiro atoms. The van der Waals surface area contributed by atoms with Crippen LogP contribution in [-0.2, 0) is 13.2 Å². The molecule has 1 fully saturated rings. The summed E-state index contributed by atoms with van der Waals surface area (Å²) in [7, 11) is 0. The number of ether oxygens (including phenoxy) is 1. The Bertz CT molecular complexity index is 645. The number of hydrogen-bond acceptors (Lipinski definition) is 5. The van der Waals surface area contributed by atoms with Crippen LogP contribution < -0.4 is 4.74 Å². The maximum Gasteiger partial charge on any atom is 0.140 e. The van der Waals surface area contributed by atoms with Crippen LogP contribution in [0.2, 0.25) is 0 Å². The summed E-state index contributed by atoms with van der Waals surface area (Å²) in [4.78, 5) is 2.50. The van der Waals surface area contributed by atoms with Crippen molar-refractivity contribution in [3.8, 4) is 5.75 Å². The van der Waals surface area contributed by atoms with Crippen LogP contribution in [0.5, 0.6) is 5.75 Å². The predicted octanol–water partition coefficient (Wildman–Crippen LogP) is 3.61. The monoisotopic (exact) mass is 344 g/mol. The Morgan fingerprint density at radius 2 is 2.04 bits per heavy atom. The van der Waals surface area contributed by atoms with E-state index in [4.69, 9.17) is 9.26 Å². The first-order valence-corrected chi connectivity index (χ1v) is 9.15. The van der Waals surface area contributed by atoms with Gasteiger partial charge in [0.25, 0.3) is 0 Å². The third-order valence-corrected chi connectivity index (χ3v) is 5.08. The Hall–Kier alpha value is -1.85.